The minimum absolute atomic E-state index is 0.0757. The van der Waals surface area contributed by atoms with Gasteiger partial charge in [-0.3, -0.25) is 9.69 Å². The molecular weight excluding hydrogens is 368 g/mol. The number of urea groups is 1. The Morgan fingerprint density at radius 1 is 1.03 bits per heavy atom. The topological polar surface area (TPSA) is 65.1 Å². The molecule has 0 aromatic heterocycles. The van der Waals surface area contributed by atoms with E-state index >= 15 is 0 Å². The monoisotopic (exact) mass is 400 g/mol. The number of para-hydroxylation sites is 1. The lowest BCUT2D eigenvalue weighted by atomic mass is 9.75. The molecule has 2 atom stereocenters. The minimum Gasteiger partial charge on any atom is -0.378 e. The van der Waals surface area contributed by atoms with Crippen LogP contribution in [0, 0.1) is 5.41 Å². The molecule has 1 aromatic carbocycles. The van der Waals surface area contributed by atoms with Crippen molar-refractivity contribution in [1.82, 2.24) is 14.7 Å². The third kappa shape index (κ3) is 3.98. The Labute approximate surface area is 173 Å². The van der Waals surface area contributed by atoms with Gasteiger partial charge in [-0.1, -0.05) is 25.1 Å². The van der Waals surface area contributed by atoms with Gasteiger partial charge in [-0.25, -0.2) is 4.79 Å². The van der Waals surface area contributed by atoms with Crippen LogP contribution < -0.4 is 5.32 Å². The molecule has 0 saturated carbocycles. The summed E-state index contributed by atoms with van der Waals surface area (Å²) in [6, 6.07) is 9.68. The summed E-state index contributed by atoms with van der Waals surface area (Å²) in [5.74, 6) is 0.270. The molecule has 0 spiro atoms. The van der Waals surface area contributed by atoms with E-state index in [-0.39, 0.29) is 23.4 Å². The van der Waals surface area contributed by atoms with Gasteiger partial charge >= 0.3 is 6.03 Å². The van der Waals surface area contributed by atoms with E-state index < -0.39 is 0 Å². The van der Waals surface area contributed by atoms with Crippen LogP contribution >= 0.6 is 0 Å². The number of nitrogens with zero attached hydrogens (tertiary/aromatic N) is 3. The Morgan fingerprint density at radius 3 is 2.48 bits per heavy atom. The first-order chi connectivity index (χ1) is 14.1. The van der Waals surface area contributed by atoms with E-state index in [4.69, 9.17) is 4.74 Å². The SMILES string of the molecule is CCN1CC[C@@]2(C(=O)N3CCOCC3)CCN(C(=O)Nc3ccccc3)CC[C@@H]12. The second kappa shape index (κ2) is 8.71. The van der Waals surface area contributed by atoms with Gasteiger partial charge in [0, 0.05) is 37.9 Å². The molecule has 0 unspecified atom stereocenters. The van der Waals surface area contributed by atoms with Gasteiger partial charge < -0.3 is 19.9 Å². The first kappa shape index (κ1) is 20.2. The highest BCUT2D eigenvalue weighted by atomic mass is 16.5. The molecule has 29 heavy (non-hydrogen) atoms. The number of nitrogens with one attached hydrogen (secondary N) is 1. The fourth-order valence-electron chi connectivity index (χ4n) is 5.23. The van der Waals surface area contributed by atoms with Crippen LogP contribution in [-0.2, 0) is 9.53 Å². The van der Waals surface area contributed by atoms with Crippen LogP contribution in [-0.4, -0.2) is 85.2 Å². The molecular formula is C22H32N4O3. The average Bonchev–Trinajstić information content (AvgIpc) is 3.01. The van der Waals surface area contributed by atoms with Gasteiger partial charge in [0.05, 0.1) is 18.6 Å². The summed E-state index contributed by atoms with van der Waals surface area (Å²) in [6.45, 7) is 7.97. The standard InChI is InChI=1S/C22H32N4O3/c1-2-24-12-9-22(20(27)25-14-16-29-17-15-25)10-13-26(11-8-19(22)24)21(28)23-18-6-4-3-5-7-18/h3-7,19H,2,8-17H2,1H3,(H,23,28)/t19-,22-/m1/s1. The van der Waals surface area contributed by atoms with Crippen LogP contribution in [0.4, 0.5) is 10.5 Å². The van der Waals surface area contributed by atoms with E-state index in [2.05, 4.69) is 17.1 Å². The molecule has 0 radical (unpaired) electrons. The molecule has 3 aliphatic heterocycles. The third-order valence-corrected chi connectivity index (χ3v) is 6.87. The van der Waals surface area contributed by atoms with E-state index in [1.807, 2.05) is 40.1 Å². The van der Waals surface area contributed by atoms with E-state index in [0.717, 1.165) is 38.0 Å². The van der Waals surface area contributed by atoms with E-state index in [1.54, 1.807) is 0 Å². The van der Waals surface area contributed by atoms with Gasteiger partial charge in [0.2, 0.25) is 5.91 Å². The molecule has 3 amide bonds. The highest BCUT2D eigenvalue weighted by Gasteiger charge is 2.54. The van der Waals surface area contributed by atoms with E-state index in [9.17, 15) is 9.59 Å². The first-order valence-electron chi connectivity index (χ1n) is 10.9. The van der Waals surface area contributed by atoms with Crippen molar-refractivity contribution >= 4 is 17.6 Å². The number of fused-ring (bicyclic) bond motifs is 1. The molecule has 1 N–H and O–H groups in total. The fraction of sp³-hybridized carbons (Fsp3) is 0.636. The number of carbonyl (C=O) groups is 2. The summed E-state index contributed by atoms with van der Waals surface area (Å²) >= 11 is 0. The van der Waals surface area contributed by atoms with Crippen molar-refractivity contribution in [2.24, 2.45) is 5.41 Å². The van der Waals surface area contributed by atoms with Crippen LogP contribution in [0.5, 0.6) is 0 Å². The van der Waals surface area contributed by atoms with E-state index in [0.29, 0.717) is 39.4 Å². The summed E-state index contributed by atoms with van der Waals surface area (Å²) in [5, 5.41) is 3.00. The summed E-state index contributed by atoms with van der Waals surface area (Å²) < 4.78 is 5.45. The molecule has 0 aliphatic carbocycles. The molecule has 3 heterocycles. The van der Waals surface area contributed by atoms with Crippen molar-refractivity contribution < 1.29 is 14.3 Å². The van der Waals surface area contributed by atoms with Crippen molar-refractivity contribution in [3.8, 4) is 0 Å². The lowest BCUT2D eigenvalue weighted by molar-refractivity contribution is -0.148. The second-order valence-corrected chi connectivity index (χ2v) is 8.28. The lowest BCUT2D eigenvalue weighted by Gasteiger charge is -2.40. The maximum absolute atomic E-state index is 13.7. The number of morpholine rings is 1. The molecule has 3 aliphatic rings. The van der Waals surface area contributed by atoms with Crippen LogP contribution in [0.1, 0.15) is 26.2 Å². The number of anilines is 1. The number of likely N-dealkylation sites (tertiary alicyclic amines) is 2. The lowest BCUT2D eigenvalue weighted by Crippen LogP contribution is -2.53. The Morgan fingerprint density at radius 2 is 1.76 bits per heavy atom. The summed E-state index contributed by atoms with van der Waals surface area (Å²) in [6.07, 6.45) is 2.45. The van der Waals surface area contributed by atoms with Crippen molar-refractivity contribution in [3.63, 3.8) is 0 Å². The van der Waals surface area contributed by atoms with Crippen molar-refractivity contribution in [1.29, 1.82) is 0 Å². The Hall–Kier alpha value is -2.12. The van der Waals surface area contributed by atoms with Crippen LogP contribution in [0.2, 0.25) is 0 Å². The smallest absolute Gasteiger partial charge is 0.321 e. The molecule has 1 aromatic rings. The van der Waals surface area contributed by atoms with Crippen LogP contribution in [0.15, 0.2) is 30.3 Å². The molecule has 3 fully saturated rings. The second-order valence-electron chi connectivity index (χ2n) is 8.28. The normalized spacial score (nSPS) is 28.0. The zero-order valence-corrected chi connectivity index (χ0v) is 17.3. The van der Waals surface area contributed by atoms with Gasteiger partial charge in [0.15, 0.2) is 0 Å². The van der Waals surface area contributed by atoms with E-state index in [1.165, 1.54) is 0 Å². The van der Waals surface area contributed by atoms with Gasteiger partial charge in [0.25, 0.3) is 0 Å². The predicted molar refractivity (Wildman–Crippen MR) is 112 cm³/mol. The molecule has 158 valence electrons. The summed E-state index contributed by atoms with van der Waals surface area (Å²) in [4.78, 5) is 32.8. The highest BCUT2D eigenvalue weighted by Crippen LogP contribution is 2.45. The third-order valence-electron chi connectivity index (χ3n) is 6.87. The summed E-state index contributed by atoms with van der Waals surface area (Å²) in [7, 11) is 0. The van der Waals surface area contributed by atoms with Gasteiger partial charge in [-0.05, 0) is 44.5 Å². The average molecular weight is 401 g/mol. The molecule has 7 nitrogen and oxygen atoms in total. The quantitative estimate of drug-likeness (QED) is 0.845. The summed E-state index contributed by atoms with van der Waals surface area (Å²) in [5.41, 5.74) is 0.422. The number of hydrogen-bond donors (Lipinski definition) is 1. The Bertz CT molecular complexity index is 722. The highest BCUT2D eigenvalue weighted by molar-refractivity contribution is 5.89. The number of hydrogen-bond acceptors (Lipinski definition) is 4. The molecule has 3 saturated heterocycles. The molecule has 0 bridgehead atoms. The van der Waals surface area contributed by atoms with Crippen molar-refractivity contribution in [2.75, 3.05) is 57.8 Å². The van der Waals surface area contributed by atoms with Gasteiger partial charge in [0.1, 0.15) is 0 Å². The maximum atomic E-state index is 13.7. The molecule has 7 heteroatoms. The number of carbonyl (C=O) groups excluding carboxylic acids is 2. The molecule has 4 rings (SSSR count). The number of ether oxygens (including phenoxy) is 1. The Balaban J connectivity index is 1.50. The Kier molecular flexibility index (Phi) is 6.06. The first-order valence-corrected chi connectivity index (χ1v) is 10.9. The zero-order chi connectivity index (χ0) is 20.3. The maximum Gasteiger partial charge on any atom is 0.321 e. The fourth-order valence-corrected chi connectivity index (χ4v) is 5.23. The van der Waals surface area contributed by atoms with Crippen molar-refractivity contribution in [2.45, 2.75) is 32.2 Å². The van der Waals surface area contributed by atoms with Crippen LogP contribution in [0.3, 0.4) is 0 Å². The van der Waals surface area contributed by atoms with Gasteiger partial charge in [-0.2, -0.15) is 0 Å². The van der Waals surface area contributed by atoms with Crippen LogP contribution in [0.25, 0.3) is 0 Å². The number of benzene rings is 1. The minimum atomic E-state index is -0.380. The number of rotatable bonds is 3. The zero-order valence-electron chi connectivity index (χ0n) is 17.3. The number of amides is 3. The van der Waals surface area contributed by atoms with Crippen molar-refractivity contribution in [3.05, 3.63) is 30.3 Å². The largest absolute Gasteiger partial charge is 0.378 e. The van der Waals surface area contributed by atoms with Gasteiger partial charge in [-0.15, -0.1) is 0 Å². The predicted octanol–water partition coefficient (Wildman–Crippen LogP) is 2.25.